The molecule has 0 spiro atoms. The lowest BCUT2D eigenvalue weighted by Gasteiger charge is -2.21. The first-order valence-corrected chi connectivity index (χ1v) is 9.23. The Balaban J connectivity index is 1.56. The molecule has 29 heavy (non-hydrogen) atoms. The fourth-order valence-corrected chi connectivity index (χ4v) is 3.11. The first-order chi connectivity index (χ1) is 14.0. The van der Waals surface area contributed by atoms with Crippen molar-refractivity contribution in [2.45, 2.75) is 26.3 Å². The van der Waals surface area contributed by atoms with Gasteiger partial charge in [0.15, 0.2) is 0 Å². The second kappa shape index (κ2) is 7.67. The van der Waals surface area contributed by atoms with Gasteiger partial charge in [-0.25, -0.2) is 15.0 Å². The molecule has 8 heteroatoms. The number of carbonyl (C=O) groups is 2. The van der Waals surface area contributed by atoms with Gasteiger partial charge >= 0.3 is 0 Å². The van der Waals surface area contributed by atoms with Gasteiger partial charge in [0.2, 0.25) is 23.7 Å². The van der Waals surface area contributed by atoms with Crippen LogP contribution in [0.1, 0.15) is 17.7 Å². The van der Waals surface area contributed by atoms with Gasteiger partial charge in [-0.3, -0.25) is 20.2 Å². The number of aliphatic imine (C=N–C) groups is 1. The summed E-state index contributed by atoms with van der Waals surface area (Å²) in [6, 6.07) is 14.1. The van der Waals surface area contributed by atoms with Gasteiger partial charge in [-0.2, -0.15) is 0 Å². The highest BCUT2D eigenvalue weighted by Crippen LogP contribution is 2.19. The molecule has 3 aromatic rings. The van der Waals surface area contributed by atoms with E-state index in [9.17, 15) is 9.59 Å². The van der Waals surface area contributed by atoms with Gasteiger partial charge < -0.3 is 5.32 Å². The molecule has 3 N–H and O–H groups in total. The molecule has 1 atom stereocenters. The van der Waals surface area contributed by atoms with E-state index in [-0.39, 0.29) is 24.2 Å². The van der Waals surface area contributed by atoms with Gasteiger partial charge in [-0.15, -0.1) is 0 Å². The third-order valence-electron chi connectivity index (χ3n) is 4.54. The first-order valence-electron chi connectivity index (χ1n) is 9.23. The molecule has 8 nitrogen and oxygen atoms in total. The number of amides is 2. The number of aryl methyl sites for hydroxylation is 2. The molecule has 2 aromatic carbocycles. The maximum atomic E-state index is 12.5. The van der Waals surface area contributed by atoms with Gasteiger partial charge in [0.25, 0.3) is 0 Å². The number of anilines is 2. The lowest BCUT2D eigenvalue weighted by Crippen LogP contribution is -2.46. The van der Waals surface area contributed by atoms with Crippen molar-refractivity contribution < 1.29 is 9.59 Å². The summed E-state index contributed by atoms with van der Waals surface area (Å²) >= 11 is 0. The Morgan fingerprint density at radius 1 is 1.10 bits per heavy atom. The van der Waals surface area contributed by atoms with E-state index in [2.05, 4.69) is 30.9 Å². The molecule has 1 aromatic heterocycles. The smallest absolute Gasteiger partial charge is 0.249 e. The van der Waals surface area contributed by atoms with E-state index in [1.165, 1.54) is 0 Å². The van der Waals surface area contributed by atoms with Gasteiger partial charge in [0.05, 0.1) is 17.6 Å². The van der Waals surface area contributed by atoms with Crippen LogP contribution >= 0.6 is 0 Å². The number of hydrogen-bond acceptors (Lipinski definition) is 6. The van der Waals surface area contributed by atoms with Crippen LogP contribution in [0.2, 0.25) is 0 Å². The zero-order valence-electron chi connectivity index (χ0n) is 16.1. The fraction of sp³-hybridized carbons (Fsp3) is 0.190. The third kappa shape index (κ3) is 4.21. The van der Waals surface area contributed by atoms with Crippen LogP contribution in [-0.4, -0.2) is 33.8 Å². The molecule has 2 amide bonds. The highest BCUT2D eigenvalue weighted by Gasteiger charge is 2.27. The SMILES string of the molecule is Cc1ccc2nc(NC3=N[C@H](C(=O)Nc4ccccc4)CC(=O)N3)nc(C)c2c1. The number of guanidine groups is 1. The molecule has 0 bridgehead atoms. The van der Waals surface area contributed by atoms with Crippen molar-refractivity contribution in [1.82, 2.24) is 15.3 Å². The minimum absolute atomic E-state index is 0.0271. The average molecular weight is 388 g/mol. The van der Waals surface area contributed by atoms with E-state index in [0.29, 0.717) is 11.6 Å². The van der Waals surface area contributed by atoms with Crippen molar-refractivity contribution in [3.63, 3.8) is 0 Å². The Morgan fingerprint density at radius 3 is 2.69 bits per heavy atom. The summed E-state index contributed by atoms with van der Waals surface area (Å²) in [5, 5.41) is 9.29. The zero-order chi connectivity index (χ0) is 20.4. The summed E-state index contributed by atoms with van der Waals surface area (Å²) < 4.78 is 0. The van der Waals surface area contributed by atoms with E-state index in [1.54, 1.807) is 12.1 Å². The summed E-state index contributed by atoms with van der Waals surface area (Å²) in [6.45, 7) is 3.91. The maximum absolute atomic E-state index is 12.5. The van der Waals surface area contributed by atoms with Crippen LogP contribution in [0, 0.1) is 13.8 Å². The summed E-state index contributed by atoms with van der Waals surface area (Å²) in [4.78, 5) is 37.9. The molecule has 0 aliphatic carbocycles. The number of nitrogens with one attached hydrogen (secondary N) is 3. The summed E-state index contributed by atoms with van der Waals surface area (Å²) in [7, 11) is 0. The molecular weight excluding hydrogens is 368 g/mol. The van der Waals surface area contributed by atoms with Crippen LogP contribution in [0.5, 0.6) is 0 Å². The van der Waals surface area contributed by atoms with E-state index < -0.39 is 6.04 Å². The Hall–Kier alpha value is -3.81. The Kier molecular flexibility index (Phi) is 4.90. The lowest BCUT2D eigenvalue weighted by molar-refractivity contribution is -0.124. The molecule has 2 heterocycles. The molecule has 1 aliphatic heterocycles. The number of rotatable bonds is 3. The predicted molar refractivity (Wildman–Crippen MR) is 112 cm³/mol. The average Bonchev–Trinajstić information content (AvgIpc) is 2.69. The van der Waals surface area contributed by atoms with Crippen molar-refractivity contribution in [3.8, 4) is 0 Å². The van der Waals surface area contributed by atoms with Crippen molar-refractivity contribution in [2.75, 3.05) is 10.6 Å². The normalized spacial score (nSPS) is 16.1. The van der Waals surface area contributed by atoms with Gasteiger partial charge in [0.1, 0.15) is 6.04 Å². The largest absolute Gasteiger partial charge is 0.324 e. The molecule has 0 radical (unpaired) electrons. The Morgan fingerprint density at radius 2 is 1.90 bits per heavy atom. The quantitative estimate of drug-likeness (QED) is 0.639. The highest BCUT2D eigenvalue weighted by molar-refractivity contribution is 6.09. The van der Waals surface area contributed by atoms with Gasteiger partial charge in [-0.1, -0.05) is 29.8 Å². The van der Waals surface area contributed by atoms with Crippen molar-refractivity contribution >= 4 is 40.3 Å². The van der Waals surface area contributed by atoms with Gasteiger partial charge in [-0.05, 0) is 38.1 Å². The van der Waals surface area contributed by atoms with Crippen molar-refractivity contribution in [3.05, 3.63) is 59.8 Å². The number of fused-ring (bicyclic) bond motifs is 1. The molecule has 1 aliphatic rings. The molecule has 0 unspecified atom stereocenters. The third-order valence-corrected chi connectivity index (χ3v) is 4.54. The molecule has 0 saturated carbocycles. The van der Waals surface area contributed by atoms with Crippen LogP contribution in [0.15, 0.2) is 53.5 Å². The van der Waals surface area contributed by atoms with E-state index in [1.807, 2.05) is 50.2 Å². The van der Waals surface area contributed by atoms with E-state index in [4.69, 9.17) is 0 Å². The van der Waals surface area contributed by atoms with Crippen LogP contribution in [0.3, 0.4) is 0 Å². The topological polar surface area (TPSA) is 108 Å². The zero-order valence-corrected chi connectivity index (χ0v) is 16.1. The van der Waals surface area contributed by atoms with E-state index in [0.717, 1.165) is 22.2 Å². The van der Waals surface area contributed by atoms with Crippen LogP contribution in [0.25, 0.3) is 10.9 Å². The van der Waals surface area contributed by atoms with Crippen LogP contribution in [-0.2, 0) is 9.59 Å². The highest BCUT2D eigenvalue weighted by atomic mass is 16.2. The van der Waals surface area contributed by atoms with Crippen LogP contribution in [0.4, 0.5) is 11.6 Å². The minimum Gasteiger partial charge on any atom is -0.324 e. The molecule has 146 valence electrons. The predicted octanol–water partition coefficient (Wildman–Crippen LogP) is 2.54. The van der Waals surface area contributed by atoms with Crippen LogP contribution < -0.4 is 16.0 Å². The Bertz CT molecular complexity index is 1130. The Labute approximate surface area is 167 Å². The second-order valence-corrected chi connectivity index (χ2v) is 6.88. The minimum atomic E-state index is -0.837. The lowest BCUT2D eigenvalue weighted by atomic mass is 10.1. The monoisotopic (exact) mass is 388 g/mol. The number of nitrogens with zero attached hydrogens (tertiary/aromatic N) is 3. The summed E-state index contributed by atoms with van der Waals surface area (Å²) in [5.41, 5.74) is 3.37. The second-order valence-electron chi connectivity index (χ2n) is 6.88. The molecule has 0 saturated heterocycles. The summed E-state index contributed by atoms with van der Waals surface area (Å²) in [6.07, 6.45) is -0.0271. The maximum Gasteiger partial charge on any atom is 0.249 e. The number of para-hydroxylation sites is 1. The number of benzene rings is 2. The molecule has 4 rings (SSSR count). The number of aromatic nitrogens is 2. The fourth-order valence-electron chi connectivity index (χ4n) is 3.11. The molecular formula is C21H20N6O2. The van der Waals surface area contributed by atoms with Gasteiger partial charge in [0, 0.05) is 11.1 Å². The molecule has 0 fully saturated rings. The summed E-state index contributed by atoms with van der Waals surface area (Å²) in [5.74, 6) is -0.192. The first kappa shape index (κ1) is 18.5. The van der Waals surface area contributed by atoms with E-state index >= 15 is 0 Å². The standard InChI is InChI=1S/C21H20N6O2/c1-12-8-9-16-15(10-12)13(2)22-20(24-16)27-21-25-17(11-18(28)26-21)19(29)23-14-6-4-3-5-7-14/h3-10,17H,11H2,1-2H3,(H,23,29)(H2,22,24,25,26,27,28)/t17-/m0/s1. The number of carbonyl (C=O) groups excluding carboxylic acids is 2. The number of hydrogen-bond donors (Lipinski definition) is 3. The van der Waals surface area contributed by atoms with Crippen molar-refractivity contribution in [2.24, 2.45) is 4.99 Å². The van der Waals surface area contributed by atoms with Crippen molar-refractivity contribution in [1.29, 1.82) is 0 Å².